The topological polar surface area (TPSA) is 41.6 Å². The van der Waals surface area contributed by atoms with Crippen LogP contribution in [-0.4, -0.2) is 15.4 Å². The standard InChI is InChI=1S/C62H103F2N3S2/c1-5-9-13-17-21-25-27-31-35-39-43-51(41-37-33-29-23-19-15-11-7-3)45-53-47-55(68-49-53)57-59(63)60(64)58(62-61(57)65-67-66-62)56-48-54(50-69-56)46-52(42-38-34-30-24-20-16-12-8-4)44-40-36-32-28-26-22-18-14-10-6-2/h47-52H,5-46H2,1-4H3,(H,65,66,67). The molecule has 0 aliphatic rings. The minimum Gasteiger partial charge on any atom is -0.203 e. The molecule has 0 aliphatic heterocycles. The maximum Gasteiger partial charge on any atom is 0.170 e. The van der Waals surface area contributed by atoms with Gasteiger partial charge in [-0.1, -0.05) is 285 Å². The molecule has 2 atom stereocenters. The Morgan fingerprint density at radius 3 is 0.884 bits per heavy atom. The SMILES string of the molecule is CCCCCCCCCCCCC(CCCCCCCCCC)Cc1csc(-c2c(F)c(F)c(-c3cc(CC(CCCCCCCCCC)CCCCCCCCCCCC)cs3)c3n[nH]nc23)c1. The Hall–Kier alpha value is -2.12. The summed E-state index contributed by atoms with van der Waals surface area (Å²) >= 11 is 3.05. The number of rotatable bonds is 46. The first-order valence-electron chi connectivity index (χ1n) is 29.9. The highest BCUT2D eigenvalue weighted by Gasteiger charge is 2.27. The summed E-state index contributed by atoms with van der Waals surface area (Å²) in [6, 6.07) is 4.25. The Morgan fingerprint density at radius 1 is 0.377 bits per heavy atom. The van der Waals surface area contributed by atoms with Gasteiger partial charge < -0.3 is 0 Å². The fourth-order valence-electron chi connectivity index (χ4n) is 11.0. The van der Waals surface area contributed by atoms with Crippen molar-refractivity contribution >= 4 is 33.7 Å². The van der Waals surface area contributed by atoms with Crippen molar-refractivity contribution in [1.29, 1.82) is 0 Å². The Balaban J connectivity index is 1.39. The Kier molecular flexibility index (Phi) is 33.2. The van der Waals surface area contributed by atoms with Gasteiger partial charge in [-0.2, -0.15) is 15.4 Å². The largest absolute Gasteiger partial charge is 0.203 e. The molecule has 0 bridgehead atoms. The van der Waals surface area contributed by atoms with Crippen LogP contribution in [0.25, 0.3) is 31.9 Å². The van der Waals surface area contributed by atoms with Crippen LogP contribution in [0.4, 0.5) is 8.78 Å². The number of aromatic nitrogens is 3. The van der Waals surface area contributed by atoms with E-state index >= 15 is 8.78 Å². The number of fused-ring (bicyclic) bond motifs is 1. The first-order valence-corrected chi connectivity index (χ1v) is 31.6. The molecule has 392 valence electrons. The van der Waals surface area contributed by atoms with Crippen LogP contribution in [0.2, 0.25) is 0 Å². The van der Waals surface area contributed by atoms with E-state index in [1.807, 2.05) is 0 Å². The van der Waals surface area contributed by atoms with E-state index in [2.05, 4.69) is 66.0 Å². The van der Waals surface area contributed by atoms with E-state index in [4.69, 9.17) is 0 Å². The lowest BCUT2D eigenvalue weighted by molar-refractivity contribution is 0.400. The summed E-state index contributed by atoms with van der Waals surface area (Å²) in [6.07, 6.45) is 55.7. The van der Waals surface area contributed by atoms with Crippen LogP contribution in [0, 0.1) is 23.5 Å². The van der Waals surface area contributed by atoms with Crippen molar-refractivity contribution < 1.29 is 8.78 Å². The number of H-pyrrole nitrogens is 1. The van der Waals surface area contributed by atoms with Crippen molar-refractivity contribution in [2.24, 2.45) is 11.8 Å². The summed E-state index contributed by atoms with van der Waals surface area (Å²) in [7, 11) is 0. The summed E-state index contributed by atoms with van der Waals surface area (Å²) < 4.78 is 33.2. The van der Waals surface area contributed by atoms with Crippen LogP contribution in [0.1, 0.15) is 296 Å². The number of hydrogen-bond acceptors (Lipinski definition) is 4. The predicted molar refractivity (Wildman–Crippen MR) is 302 cm³/mol. The maximum absolute atomic E-state index is 16.6. The number of benzene rings is 1. The maximum atomic E-state index is 16.6. The monoisotopic (exact) mass is 992 g/mol. The second kappa shape index (κ2) is 38.5. The molecule has 3 nitrogen and oxygen atoms in total. The lowest BCUT2D eigenvalue weighted by atomic mass is 9.89. The quantitative estimate of drug-likeness (QED) is 0.0448. The van der Waals surface area contributed by atoms with Crippen LogP contribution in [0.3, 0.4) is 0 Å². The normalized spacial score (nSPS) is 12.8. The third-order valence-electron chi connectivity index (χ3n) is 15.4. The Morgan fingerprint density at radius 2 is 0.623 bits per heavy atom. The first kappa shape index (κ1) is 59.4. The molecule has 1 N–H and O–H groups in total. The molecule has 0 saturated heterocycles. The third kappa shape index (κ3) is 24.0. The summed E-state index contributed by atoms with van der Waals surface area (Å²) in [5.74, 6) is -0.353. The predicted octanol–water partition coefficient (Wildman–Crippen LogP) is 22.7. The van der Waals surface area contributed by atoms with Crippen LogP contribution in [0.15, 0.2) is 22.9 Å². The molecule has 0 saturated carbocycles. The van der Waals surface area contributed by atoms with E-state index in [0.717, 1.165) is 22.6 Å². The second-order valence-electron chi connectivity index (χ2n) is 21.6. The highest BCUT2D eigenvalue weighted by atomic mass is 32.1. The summed E-state index contributed by atoms with van der Waals surface area (Å²) in [5.41, 5.74) is 3.86. The van der Waals surface area contributed by atoms with Gasteiger partial charge in [0.2, 0.25) is 0 Å². The fourth-order valence-corrected chi connectivity index (χ4v) is 13.0. The van der Waals surface area contributed by atoms with Crippen molar-refractivity contribution in [3.8, 4) is 20.9 Å². The van der Waals surface area contributed by atoms with E-state index in [1.54, 1.807) is 0 Å². The van der Waals surface area contributed by atoms with Gasteiger partial charge in [-0.3, -0.25) is 0 Å². The highest BCUT2D eigenvalue weighted by molar-refractivity contribution is 7.14. The van der Waals surface area contributed by atoms with Crippen molar-refractivity contribution in [2.45, 2.75) is 297 Å². The minimum atomic E-state index is -0.802. The van der Waals surface area contributed by atoms with E-state index in [-0.39, 0.29) is 11.1 Å². The van der Waals surface area contributed by atoms with Gasteiger partial charge in [0, 0.05) is 9.75 Å². The molecule has 69 heavy (non-hydrogen) atoms. The Bertz CT molecular complexity index is 1700. The van der Waals surface area contributed by atoms with E-state index in [0.29, 0.717) is 22.9 Å². The zero-order valence-corrected chi connectivity index (χ0v) is 46.8. The van der Waals surface area contributed by atoms with E-state index in [1.165, 1.54) is 291 Å². The number of unbranched alkanes of at least 4 members (excludes halogenated alkanes) is 32. The second-order valence-corrected chi connectivity index (χ2v) is 23.5. The Labute approximate surface area is 431 Å². The van der Waals surface area contributed by atoms with Gasteiger partial charge in [-0.15, -0.1) is 22.7 Å². The number of nitrogens with one attached hydrogen (secondary N) is 1. The van der Waals surface area contributed by atoms with Crippen LogP contribution >= 0.6 is 22.7 Å². The number of nitrogens with zero attached hydrogens (tertiary/aromatic N) is 2. The van der Waals surface area contributed by atoms with E-state index in [9.17, 15) is 0 Å². The molecular weight excluding hydrogens is 889 g/mol. The van der Waals surface area contributed by atoms with Gasteiger partial charge in [0.15, 0.2) is 11.6 Å². The fraction of sp³-hybridized carbons (Fsp3) is 0.774. The van der Waals surface area contributed by atoms with Gasteiger partial charge in [-0.05, 0) is 58.7 Å². The molecule has 7 heteroatoms. The van der Waals surface area contributed by atoms with Gasteiger partial charge >= 0.3 is 0 Å². The average Bonchev–Trinajstić information content (AvgIpc) is 4.14. The van der Waals surface area contributed by atoms with Crippen LogP contribution < -0.4 is 0 Å². The smallest absolute Gasteiger partial charge is 0.170 e. The highest BCUT2D eigenvalue weighted by Crippen LogP contribution is 2.43. The number of aromatic amines is 1. The van der Waals surface area contributed by atoms with E-state index < -0.39 is 11.6 Å². The minimum absolute atomic E-state index is 0.254. The molecule has 3 aromatic heterocycles. The van der Waals surface area contributed by atoms with Crippen molar-refractivity contribution in [1.82, 2.24) is 15.4 Å². The lowest BCUT2D eigenvalue weighted by Gasteiger charge is -2.17. The van der Waals surface area contributed by atoms with Crippen LogP contribution in [-0.2, 0) is 12.8 Å². The molecule has 2 unspecified atom stereocenters. The van der Waals surface area contributed by atoms with Gasteiger partial charge in [0.1, 0.15) is 11.0 Å². The van der Waals surface area contributed by atoms with Gasteiger partial charge in [0.25, 0.3) is 0 Å². The van der Waals surface area contributed by atoms with Gasteiger partial charge in [-0.25, -0.2) is 8.78 Å². The van der Waals surface area contributed by atoms with Gasteiger partial charge in [0.05, 0.1) is 11.1 Å². The number of hydrogen-bond donors (Lipinski definition) is 1. The molecule has 0 aliphatic carbocycles. The number of halogens is 2. The molecule has 0 spiro atoms. The summed E-state index contributed by atoms with van der Waals surface area (Å²) in [5, 5.41) is 16.1. The molecule has 0 fully saturated rings. The van der Waals surface area contributed by atoms with Crippen molar-refractivity contribution in [3.63, 3.8) is 0 Å². The summed E-state index contributed by atoms with van der Waals surface area (Å²) in [6.45, 7) is 9.16. The average molecular weight is 993 g/mol. The first-order chi connectivity index (χ1) is 34.0. The van der Waals surface area contributed by atoms with Crippen LogP contribution in [0.5, 0.6) is 0 Å². The van der Waals surface area contributed by atoms with Crippen molar-refractivity contribution in [3.05, 3.63) is 45.7 Å². The number of thiophene rings is 2. The third-order valence-corrected chi connectivity index (χ3v) is 17.4. The molecule has 4 aromatic rings. The molecule has 1 aromatic carbocycles. The molecule has 0 amide bonds. The summed E-state index contributed by atoms with van der Waals surface area (Å²) in [4.78, 5) is 1.50. The zero-order chi connectivity index (χ0) is 49.0. The zero-order valence-electron chi connectivity index (χ0n) is 45.1. The molecule has 4 rings (SSSR count). The lowest BCUT2D eigenvalue weighted by Crippen LogP contribution is -2.05. The molecule has 0 radical (unpaired) electrons. The molecule has 3 heterocycles. The molecular formula is C62H103F2N3S2. The van der Waals surface area contributed by atoms with Crippen molar-refractivity contribution in [2.75, 3.05) is 0 Å².